The summed E-state index contributed by atoms with van der Waals surface area (Å²) in [7, 11) is -1.95. The van der Waals surface area contributed by atoms with Crippen LogP contribution in [-0.4, -0.2) is 35.3 Å². The largest absolute Gasteiger partial charge is 0.382 e. The molecule has 0 bridgehead atoms. The third kappa shape index (κ3) is 3.69. The summed E-state index contributed by atoms with van der Waals surface area (Å²) < 4.78 is 53.1. The van der Waals surface area contributed by atoms with Gasteiger partial charge in [-0.05, 0) is 38.6 Å². The third-order valence-electron chi connectivity index (χ3n) is 6.26. The number of nitrogens with two attached hydrogens (primary N) is 1. The Balaban J connectivity index is 1.54. The van der Waals surface area contributed by atoms with E-state index in [1.165, 1.54) is 32.2 Å². The van der Waals surface area contributed by atoms with Gasteiger partial charge in [0.15, 0.2) is 27.1 Å². The van der Waals surface area contributed by atoms with Gasteiger partial charge in [-0.2, -0.15) is 0 Å². The molecule has 0 saturated heterocycles. The van der Waals surface area contributed by atoms with Crippen molar-refractivity contribution >= 4 is 15.7 Å². The molecule has 1 aliphatic rings. The summed E-state index contributed by atoms with van der Waals surface area (Å²) in [5.74, 6) is 0.0805. The fourth-order valence-corrected chi connectivity index (χ4v) is 5.79. The molecular formula is C25H24FN5O3S. The smallest absolute Gasteiger partial charge is 0.189 e. The number of alkyl halides is 1. The highest BCUT2D eigenvalue weighted by Crippen LogP contribution is 2.49. The molecular weight excluding hydrogens is 469 g/mol. The first-order valence-electron chi connectivity index (χ1n) is 11.4. The molecule has 0 fully saturated rings. The van der Waals surface area contributed by atoms with Gasteiger partial charge in [-0.3, -0.25) is 0 Å². The van der Waals surface area contributed by atoms with E-state index in [0.29, 0.717) is 29.1 Å². The summed E-state index contributed by atoms with van der Waals surface area (Å²) in [4.78, 5) is 8.68. The van der Waals surface area contributed by atoms with Crippen molar-refractivity contribution in [3.8, 4) is 34.0 Å². The van der Waals surface area contributed by atoms with E-state index in [2.05, 4.69) is 20.4 Å². The highest BCUT2D eigenvalue weighted by molar-refractivity contribution is 7.93. The maximum absolute atomic E-state index is 15.1. The van der Waals surface area contributed by atoms with E-state index in [4.69, 9.17) is 11.6 Å². The predicted octanol–water partition coefficient (Wildman–Crippen LogP) is 4.34. The van der Waals surface area contributed by atoms with Crippen molar-refractivity contribution in [2.24, 2.45) is 0 Å². The molecule has 180 valence electrons. The highest BCUT2D eigenvalue weighted by atomic mass is 32.2. The van der Waals surface area contributed by atoms with Crippen LogP contribution in [0.3, 0.4) is 0 Å². The number of anilines is 1. The lowest BCUT2D eigenvalue weighted by Gasteiger charge is -2.19. The SMILES string of the molecule is [2H]c1c(-c2ccc(CNC)cc2)noc1-c1nc(-c2ccc3c(c2)[C@@H](F)C(C)(C)S3(=O)=O)cnc1N. The predicted molar refractivity (Wildman–Crippen MR) is 131 cm³/mol. The minimum atomic E-state index is -3.81. The molecule has 3 N–H and O–H groups in total. The molecule has 10 heteroatoms. The Hall–Kier alpha value is -3.63. The van der Waals surface area contributed by atoms with Crippen LogP contribution in [0.4, 0.5) is 10.2 Å². The molecule has 3 heterocycles. The van der Waals surface area contributed by atoms with Gasteiger partial charge in [0.05, 0.1) is 18.2 Å². The molecule has 0 unspecified atom stereocenters. The van der Waals surface area contributed by atoms with Crippen LogP contribution in [0.5, 0.6) is 0 Å². The standard InChI is InChI=1S/C25H24FN5O3S/c1-25(2)23(26)17-10-16(8-9-21(17)35(25,32)33)19-13-29-24(27)22(30-19)20-11-18(31-34-20)15-6-4-14(5-7-15)12-28-3/h4-11,13,23,28H,12H2,1-3H3,(H2,27,29)/t23-/m1/s1/i11D. The van der Waals surface area contributed by atoms with Crippen LogP contribution in [0, 0.1) is 0 Å². The van der Waals surface area contributed by atoms with Gasteiger partial charge in [-0.15, -0.1) is 0 Å². The zero-order valence-electron chi connectivity index (χ0n) is 20.3. The molecule has 2 aromatic carbocycles. The molecule has 0 saturated carbocycles. The molecule has 0 aliphatic carbocycles. The summed E-state index contributed by atoms with van der Waals surface area (Å²) in [5.41, 5.74) is 9.17. The second kappa shape index (κ2) is 8.24. The van der Waals surface area contributed by atoms with Crippen LogP contribution in [0.25, 0.3) is 34.0 Å². The fourth-order valence-electron chi connectivity index (χ4n) is 4.11. The van der Waals surface area contributed by atoms with Gasteiger partial charge in [-0.25, -0.2) is 22.8 Å². The van der Waals surface area contributed by atoms with Crippen LogP contribution < -0.4 is 11.1 Å². The zero-order chi connectivity index (χ0) is 25.8. The van der Waals surface area contributed by atoms with Crippen molar-refractivity contribution in [2.45, 2.75) is 36.2 Å². The molecule has 0 amide bonds. The normalized spacial score (nSPS) is 18.3. The van der Waals surface area contributed by atoms with Crippen LogP contribution in [0.1, 0.15) is 32.5 Å². The minimum absolute atomic E-state index is 0.000125. The molecule has 0 radical (unpaired) electrons. The Morgan fingerprint density at radius 1 is 1.17 bits per heavy atom. The first-order chi connectivity index (χ1) is 17.1. The van der Waals surface area contributed by atoms with Gasteiger partial charge < -0.3 is 15.6 Å². The monoisotopic (exact) mass is 494 g/mol. The number of nitrogen functional groups attached to an aromatic ring is 1. The molecule has 35 heavy (non-hydrogen) atoms. The summed E-state index contributed by atoms with van der Waals surface area (Å²) >= 11 is 0. The Bertz CT molecular complexity index is 1590. The Labute approximate surface area is 203 Å². The van der Waals surface area contributed by atoms with Crippen molar-refractivity contribution in [1.29, 1.82) is 0 Å². The van der Waals surface area contributed by atoms with Gasteiger partial charge >= 0.3 is 0 Å². The zero-order valence-corrected chi connectivity index (χ0v) is 20.1. The summed E-state index contributed by atoms with van der Waals surface area (Å²) in [6, 6.07) is 12.0. The number of benzene rings is 2. The highest BCUT2D eigenvalue weighted by Gasteiger charge is 2.52. The summed E-state index contributed by atoms with van der Waals surface area (Å²) in [5, 5.41) is 7.13. The van der Waals surface area contributed by atoms with E-state index in [1.807, 2.05) is 31.3 Å². The van der Waals surface area contributed by atoms with E-state index in [0.717, 1.165) is 5.56 Å². The van der Waals surface area contributed by atoms with Crippen molar-refractivity contribution in [1.82, 2.24) is 20.4 Å². The maximum Gasteiger partial charge on any atom is 0.189 e. The minimum Gasteiger partial charge on any atom is -0.382 e. The first kappa shape index (κ1) is 21.9. The Morgan fingerprint density at radius 2 is 1.89 bits per heavy atom. The number of nitrogens with one attached hydrogen (secondary N) is 1. The summed E-state index contributed by atoms with van der Waals surface area (Å²) in [6.07, 6.45) is -0.279. The van der Waals surface area contributed by atoms with Crippen LogP contribution in [-0.2, 0) is 16.4 Å². The number of aromatic nitrogens is 3. The molecule has 1 aliphatic heterocycles. The lowest BCUT2D eigenvalue weighted by atomic mass is 9.98. The van der Waals surface area contributed by atoms with Gasteiger partial charge in [0, 0.05) is 29.3 Å². The second-order valence-corrected chi connectivity index (χ2v) is 11.4. The van der Waals surface area contributed by atoms with Crippen molar-refractivity contribution in [3.63, 3.8) is 0 Å². The third-order valence-corrected chi connectivity index (χ3v) is 8.80. The Kier molecular flexibility index (Phi) is 5.15. The second-order valence-electron chi connectivity index (χ2n) is 8.92. The number of nitrogens with zero attached hydrogens (tertiary/aromatic N) is 3. The first-order valence-corrected chi connectivity index (χ1v) is 12.4. The molecule has 4 aromatic rings. The number of rotatable bonds is 5. The number of fused-ring (bicyclic) bond motifs is 1. The van der Waals surface area contributed by atoms with Gasteiger partial charge in [0.25, 0.3) is 0 Å². The number of halogens is 1. The van der Waals surface area contributed by atoms with Crippen LogP contribution >= 0.6 is 0 Å². The van der Waals surface area contributed by atoms with E-state index in [-0.39, 0.29) is 33.8 Å². The number of hydrogen-bond acceptors (Lipinski definition) is 8. The lowest BCUT2D eigenvalue weighted by molar-refractivity contribution is 0.284. The molecule has 0 spiro atoms. The van der Waals surface area contributed by atoms with Gasteiger partial charge in [0.2, 0.25) is 0 Å². The van der Waals surface area contributed by atoms with Crippen molar-refractivity contribution in [2.75, 3.05) is 12.8 Å². The van der Waals surface area contributed by atoms with E-state index in [1.54, 1.807) is 6.07 Å². The van der Waals surface area contributed by atoms with Crippen LogP contribution in [0.15, 0.2) is 64.1 Å². The molecule has 2 aromatic heterocycles. The van der Waals surface area contributed by atoms with Gasteiger partial charge in [0.1, 0.15) is 16.6 Å². The molecule has 5 rings (SSSR count). The molecule has 1 atom stereocenters. The van der Waals surface area contributed by atoms with E-state index < -0.39 is 20.8 Å². The fraction of sp³-hybridized carbons (Fsp3) is 0.240. The summed E-state index contributed by atoms with van der Waals surface area (Å²) in [6.45, 7) is 3.46. The van der Waals surface area contributed by atoms with E-state index >= 15 is 4.39 Å². The van der Waals surface area contributed by atoms with Crippen molar-refractivity contribution in [3.05, 3.63) is 65.8 Å². The van der Waals surface area contributed by atoms with E-state index in [9.17, 15) is 8.42 Å². The average Bonchev–Trinajstić information content (AvgIpc) is 3.30. The molecule has 8 nitrogen and oxygen atoms in total. The topological polar surface area (TPSA) is 124 Å². The number of hydrogen-bond donors (Lipinski definition) is 2. The van der Waals surface area contributed by atoms with Crippen molar-refractivity contribution < 1.29 is 18.7 Å². The van der Waals surface area contributed by atoms with Crippen LogP contribution in [0.2, 0.25) is 0 Å². The Morgan fingerprint density at radius 3 is 2.60 bits per heavy atom. The lowest BCUT2D eigenvalue weighted by Crippen LogP contribution is -2.30. The average molecular weight is 495 g/mol. The maximum atomic E-state index is 15.1. The quantitative estimate of drug-likeness (QED) is 0.420. The number of sulfone groups is 1. The van der Waals surface area contributed by atoms with Gasteiger partial charge in [-0.1, -0.05) is 35.5 Å².